The van der Waals surface area contributed by atoms with Gasteiger partial charge in [-0.15, -0.1) is 0 Å². The summed E-state index contributed by atoms with van der Waals surface area (Å²) in [6.45, 7) is 3.87. The van der Waals surface area contributed by atoms with Gasteiger partial charge in [0.2, 0.25) is 0 Å². The molecule has 0 unspecified atom stereocenters. The number of rotatable bonds is 3. The topological polar surface area (TPSA) is 40.5 Å². The first-order chi connectivity index (χ1) is 4.22. The van der Waals surface area contributed by atoms with Crippen LogP contribution in [0.5, 0.6) is 0 Å². The van der Waals surface area contributed by atoms with Crippen molar-refractivity contribution in [2.45, 2.75) is 26.7 Å². The van der Waals surface area contributed by atoms with Crippen LogP contribution in [0.2, 0.25) is 0 Å². The minimum Gasteiger partial charge on any atom is -0.423 e. The zero-order valence-corrected chi connectivity index (χ0v) is 5.96. The Hall–Kier alpha value is -0.275. The Morgan fingerprint density at radius 3 is 2.11 bits per heavy atom. The van der Waals surface area contributed by atoms with E-state index in [2.05, 4.69) is 0 Å². The second-order valence-electron chi connectivity index (χ2n) is 1.91. The van der Waals surface area contributed by atoms with Crippen LogP contribution in [0.15, 0.2) is 11.5 Å². The summed E-state index contributed by atoms with van der Waals surface area (Å²) in [7, 11) is -1.25. The molecule has 0 radical (unpaired) electrons. The molecule has 0 saturated heterocycles. The molecule has 0 amide bonds. The third-order valence-corrected chi connectivity index (χ3v) is 1.21. The summed E-state index contributed by atoms with van der Waals surface area (Å²) in [6, 6.07) is 0. The Labute approximate surface area is 56.4 Å². The molecule has 0 atom stereocenters. The van der Waals surface area contributed by atoms with E-state index in [1.807, 2.05) is 19.9 Å². The van der Waals surface area contributed by atoms with Crippen molar-refractivity contribution in [3.05, 3.63) is 11.5 Å². The molecule has 9 heavy (non-hydrogen) atoms. The van der Waals surface area contributed by atoms with Gasteiger partial charge in [0.1, 0.15) is 0 Å². The van der Waals surface area contributed by atoms with Crippen molar-refractivity contribution >= 4 is 7.12 Å². The molecule has 0 heterocycles. The number of hydrogen-bond acceptors (Lipinski definition) is 2. The van der Waals surface area contributed by atoms with Crippen molar-refractivity contribution < 1.29 is 10.0 Å². The Balaban J connectivity index is 3.81. The third kappa shape index (κ3) is 3.33. The van der Waals surface area contributed by atoms with Gasteiger partial charge in [-0.05, 0) is 18.3 Å². The van der Waals surface area contributed by atoms with E-state index in [0.29, 0.717) is 11.9 Å². The molecular weight excluding hydrogens is 115 g/mol. The number of hydrogen-bond donors (Lipinski definition) is 2. The van der Waals surface area contributed by atoms with Gasteiger partial charge in [0, 0.05) is 0 Å². The summed E-state index contributed by atoms with van der Waals surface area (Å²) in [5.41, 5.74) is 0.706. The van der Waals surface area contributed by atoms with Crippen LogP contribution in [-0.4, -0.2) is 17.2 Å². The average molecular weight is 128 g/mol. The second kappa shape index (κ2) is 4.59. The SMILES string of the molecule is CC/C=C(\CC)B(O)O. The molecule has 0 aromatic heterocycles. The summed E-state index contributed by atoms with van der Waals surface area (Å²) in [6.07, 6.45) is 3.41. The molecule has 52 valence electrons. The zero-order valence-electron chi connectivity index (χ0n) is 5.96. The van der Waals surface area contributed by atoms with Crippen molar-refractivity contribution in [1.29, 1.82) is 0 Å². The Kier molecular flexibility index (Phi) is 4.45. The van der Waals surface area contributed by atoms with Gasteiger partial charge < -0.3 is 10.0 Å². The molecule has 2 nitrogen and oxygen atoms in total. The Morgan fingerprint density at radius 1 is 1.44 bits per heavy atom. The van der Waals surface area contributed by atoms with Gasteiger partial charge in [0.05, 0.1) is 0 Å². The van der Waals surface area contributed by atoms with Crippen LogP contribution in [0, 0.1) is 0 Å². The van der Waals surface area contributed by atoms with Gasteiger partial charge in [0.15, 0.2) is 0 Å². The quantitative estimate of drug-likeness (QED) is 0.550. The second-order valence-corrected chi connectivity index (χ2v) is 1.91. The summed E-state index contributed by atoms with van der Waals surface area (Å²) in [5.74, 6) is 0. The average Bonchev–Trinajstić information content (AvgIpc) is 1.82. The smallest absolute Gasteiger partial charge is 0.423 e. The van der Waals surface area contributed by atoms with E-state index in [-0.39, 0.29) is 0 Å². The molecule has 0 rings (SSSR count). The summed E-state index contributed by atoms with van der Waals surface area (Å²) in [5, 5.41) is 17.3. The molecule has 0 aromatic carbocycles. The van der Waals surface area contributed by atoms with Crippen molar-refractivity contribution in [1.82, 2.24) is 0 Å². The predicted molar refractivity (Wildman–Crippen MR) is 38.9 cm³/mol. The van der Waals surface area contributed by atoms with Gasteiger partial charge >= 0.3 is 7.12 Å². The van der Waals surface area contributed by atoms with E-state index in [1.165, 1.54) is 0 Å². The van der Waals surface area contributed by atoms with Crippen LogP contribution >= 0.6 is 0 Å². The van der Waals surface area contributed by atoms with E-state index < -0.39 is 7.12 Å². The largest absolute Gasteiger partial charge is 0.483 e. The first-order valence-electron chi connectivity index (χ1n) is 3.27. The van der Waals surface area contributed by atoms with Crippen molar-refractivity contribution in [2.75, 3.05) is 0 Å². The predicted octanol–water partition coefficient (Wildman–Crippen LogP) is 0.745. The van der Waals surface area contributed by atoms with Crippen molar-refractivity contribution in [3.63, 3.8) is 0 Å². The molecule has 0 aliphatic carbocycles. The molecular formula is C6H13BO2. The van der Waals surface area contributed by atoms with Crippen LogP contribution in [-0.2, 0) is 0 Å². The maximum Gasteiger partial charge on any atom is 0.483 e. The lowest BCUT2D eigenvalue weighted by Gasteiger charge is -1.99. The van der Waals surface area contributed by atoms with Gasteiger partial charge in [-0.25, -0.2) is 0 Å². The lowest BCUT2D eigenvalue weighted by molar-refractivity contribution is 0.417. The fourth-order valence-electron chi connectivity index (χ4n) is 0.695. The molecule has 3 heteroatoms. The highest BCUT2D eigenvalue weighted by molar-refractivity contribution is 6.50. The molecule has 0 aromatic rings. The zero-order chi connectivity index (χ0) is 7.28. The van der Waals surface area contributed by atoms with Crippen LogP contribution in [0.1, 0.15) is 26.7 Å². The fourth-order valence-corrected chi connectivity index (χ4v) is 0.695. The first-order valence-corrected chi connectivity index (χ1v) is 3.27. The van der Waals surface area contributed by atoms with E-state index in [1.54, 1.807) is 0 Å². The molecule has 0 spiro atoms. The van der Waals surface area contributed by atoms with Gasteiger partial charge in [-0.2, -0.15) is 0 Å². The van der Waals surface area contributed by atoms with Crippen LogP contribution in [0.3, 0.4) is 0 Å². The maximum atomic E-state index is 8.63. The van der Waals surface area contributed by atoms with E-state index in [0.717, 1.165) is 6.42 Å². The molecule has 2 N–H and O–H groups in total. The molecule has 0 aliphatic rings. The van der Waals surface area contributed by atoms with E-state index in [9.17, 15) is 0 Å². The fraction of sp³-hybridized carbons (Fsp3) is 0.667. The first kappa shape index (κ1) is 8.72. The Morgan fingerprint density at radius 2 is 2.00 bits per heavy atom. The highest BCUT2D eigenvalue weighted by Gasteiger charge is 2.10. The van der Waals surface area contributed by atoms with Crippen LogP contribution < -0.4 is 0 Å². The van der Waals surface area contributed by atoms with Gasteiger partial charge in [0.25, 0.3) is 0 Å². The molecule has 0 saturated carbocycles. The van der Waals surface area contributed by atoms with E-state index >= 15 is 0 Å². The van der Waals surface area contributed by atoms with Crippen LogP contribution in [0.25, 0.3) is 0 Å². The summed E-state index contributed by atoms with van der Waals surface area (Å²) in [4.78, 5) is 0. The molecule has 0 bridgehead atoms. The third-order valence-electron chi connectivity index (χ3n) is 1.21. The monoisotopic (exact) mass is 128 g/mol. The van der Waals surface area contributed by atoms with Crippen molar-refractivity contribution in [2.24, 2.45) is 0 Å². The highest BCUT2D eigenvalue weighted by Crippen LogP contribution is 2.02. The lowest BCUT2D eigenvalue weighted by Crippen LogP contribution is -2.14. The molecule has 0 aliphatic heterocycles. The highest BCUT2D eigenvalue weighted by atomic mass is 16.4. The maximum absolute atomic E-state index is 8.63. The minimum absolute atomic E-state index is 0.706. The molecule has 0 fully saturated rings. The normalized spacial score (nSPS) is 11.8. The number of allylic oxidation sites excluding steroid dienone is 2. The lowest BCUT2D eigenvalue weighted by atomic mass is 9.77. The Bertz CT molecular complexity index is 99.2. The van der Waals surface area contributed by atoms with Gasteiger partial charge in [-0.3, -0.25) is 0 Å². The van der Waals surface area contributed by atoms with E-state index in [4.69, 9.17) is 10.0 Å². The van der Waals surface area contributed by atoms with Crippen molar-refractivity contribution in [3.8, 4) is 0 Å². The summed E-state index contributed by atoms with van der Waals surface area (Å²) < 4.78 is 0. The van der Waals surface area contributed by atoms with Gasteiger partial charge in [-0.1, -0.05) is 19.9 Å². The summed E-state index contributed by atoms with van der Waals surface area (Å²) >= 11 is 0. The minimum atomic E-state index is -1.25. The van der Waals surface area contributed by atoms with Crippen LogP contribution in [0.4, 0.5) is 0 Å². The standard InChI is InChI=1S/C6H13BO2/c1-3-5-6(4-2)7(8)9/h5,8-9H,3-4H2,1-2H3/b6-5+.